The van der Waals surface area contributed by atoms with Crippen LogP contribution in [0.15, 0.2) is 35.7 Å². The van der Waals surface area contributed by atoms with E-state index in [1.807, 2.05) is 17.5 Å². The van der Waals surface area contributed by atoms with Gasteiger partial charge in [-0.25, -0.2) is 8.78 Å². The molecule has 0 saturated carbocycles. The zero-order chi connectivity index (χ0) is 12.3. The number of halogens is 2. The summed E-state index contributed by atoms with van der Waals surface area (Å²) in [6.07, 6.45) is 0.757. The lowest BCUT2D eigenvalue weighted by Crippen LogP contribution is -2.04. The third-order valence-corrected chi connectivity index (χ3v) is 3.34. The molecule has 0 aliphatic carbocycles. The van der Waals surface area contributed by atoms with Crippen LogP contribution >= 0.6 is 11.3 Å². The third-order valence-electron chi connectivity index (χ3n) is 2.41. The first kappa shape index (κ1) is 11.9. The van der Waals surface area contributed by atoms with Crippen molar-refractivity contribution in [3.63, 3.8) is 0 Å². The molecule has 0 aliphatic heterocycles. The maximum atomic E-state index is 13.3. The lowest BCUT2D eigenvalue weighted by Gasteiger charge is -2.02. The minimum atomic E-state index is -0.664. The number of rotatable bonds is 4. The number of aryl methyl sites for hydroxylation is 1. The van der Waals surface area contributed by atoms with Gasteiger partial charge in [0.15, 0.2) is 5.78 Å². The van der Waals surface area contributed by atoms with Crippen molar-refractivity contribution in [2.75, 3.05) is 0 Å². The Balaban J connectivity index is 2.07. The predicted octanol–water partition coefficient (Wildman–Crippen LogP) is 3.84. The van der Waals surface area contributed by atoms with Crippen molar-refractivity contribution in [3.8, 4) is 0 Å². The molecular weight excluding hydrogens is 242 g/mol. The molecule has 0 bridgehead atoms. The number of carbonyl (C=O) groups excluding carboxylic acids is 1. The summed E-state index contributed by atoms with van der Waals surface area (Å²) in [6.45, 7) is 0. The van der Waals surface area contributed by atoms with Gasteiger partial charge in [-0.3, -0.25) is 4.79 Å². The van der Waals surface area contributed by atoms with E-state index in [1.165, 1.54) is 0 Å². The van der Waals surface area contributed by atoms with Crippen molar-refractivity contribution < 1.29 is 13.6 Å². The first-order valence-electron chi connectivity index (χ1n) is 5.17. The summed E-state index contributed by atoms with van der Waals surface area (Å²) in [4.78, 5) is 12.8. The number of Topliss-reactive ketones (excluding diaryl/α,β-unsaturated/α-hetero) is 1. The standard InChI is InChI=1S/C13H10F2OS/c14-9-3-5-12(15)11(8-9)13(16)6-4-10-2-1-7-17-10/h1-3,5,7-8H,4,6H2. The molecule has 1 heterocycles. The van der Waals surface area contributed by atoms with Gasteiger partial charge >= 0.3 is 0 Å². The van der Waals surface area contributed by atoms with E-state index < -0.39 is 11.6 Å². The lowest BCUT2D eigenvalue weighted by atomic mass is 10.1. The van der Waals surface area contributed by atoms with E-state index in [9.17, 15) is 13.6 Å². The Kier molecular flexibility index (Phi) is 3.64. The molecule has 0 fully saturated rings. The highest BCUT2D eigenvalue weighted by molar-refractivity contribution is 7.09. The molecule has 0 radical (unpaired) electrons. The largest absolute Gasteiger partial charge is 0.294 e. The number of carbonyl (C=O) groups is 1. The number of thiophene rings is 1. The zero-order valence-corrected chi connectivity index (χ0v) is 9.77. The fourth-order valence-corrected chi connectivity index (χ4v) is 2.25. The van der Waals surface area contributed by atoms with E-state index in [-0.39, 0.29) is 17.8 Å². The first-order chi connectivity index (χ1) is 8.16. The Morgan fingerprint density at radius 1 is 1.24 bits per heavy atom. The SMILES string of the molecule is O=C(CCc1cccs1)c1cc(F)ccc1F. The summed E-state index contributed by atoms with van der Waals surface area (Å²) < 4.78 is 26.2. The molecule has 1 nitrogen and oxygen atoms in total. The average molecular weight is 252 g/mol. The second-order valence-electron chi connectivity index (χ2n) is 3.63. The molecule has 1 aromatic heterocycles. The average Bonchev–Trinajstić information content (AvgIpc) is 2.82. The van der Waals surface area contributed by atoms with Gasteiger partial charge in [-0.1, -0.05) is 6.07 Å². The van der Waals surface area contributed by atoms with Crippen molar-refractivity contribution in [2.24, 2.45) is 0 Å². The quantitative estimate of drug-likeness (QED) is 0.755. The monoisotopic (exact) mass is 252 g/mol. The Bertz CT molecular complexity index is 520. The Hall–Kier alpha value is -1.55. The number of hydrogen-bond donors (Lipinski definition) is 0. The van der Waals surface area contributed by atoms with Gasteiger partial charge in [0.2, 0.25) is 0 Å². The van der Waals surface area contributed by atoms with Crippen LogP contribution in [0.2, 0.25) is 0 Å². The molecule has 0 spiro atoms. The van der Waals surface area contributed by atoms with E-state index in [0.717, 1.165) is 23.1 Å². The molecule has 88 valence electrons. The van der Waals surface area contributed by atoms with Gasteiger partial charge in [0.05, 0.1) is 5.56 Å². The highest BCUT2D eigenvalue weighted by Crippen LogP contribution is 2.16. The predicted molar refractivity (Wildman–Crippen MR) is 63.3 cm³/mol. The van der Waals surface area contributed by atoms with E-state index in [1.54, 1.807) is 11.3 Å². The van der Waals surface area contributed by atoms with Crippen LogP contribution in [0, 0.1) is 11.6 Å². The van der Waals surface area contributed by atoms with E-state index >= 15 is 0 Å². The van der Waals surface area contributed by atoms with Crippen molar-refractivity contribution in [1.29, 1.82) is 0 Å². The van der Waals surface area contributed by atoms with Gasteiger partial charge in [0.25, 0.3) is 0 Å². The van der Waals surface area contributed by atoms with Crippen LogP contribution in [0.5, 0.6) is 0 Å². The Labute approximate surface area is 102 Å². The van der Waals surface area contributed by atoms with E-state index in [4.69, 9.17) is 0 Å². The molecule has 17 heavy (non-hydrogen) atoms. The van der Waals surface area contributed by atoms with Gasteiger partial charge in [0.1, 0.15) is 11.6 Å². The van der Waals surface area contributed by atoms with Gasteiger partial charge < -0.3 is 0 Å². The smallest absolute Gasteiger partial charge is 0.166 e. The summed E-state index contributed by atoms with van der Waals surface area (Å²) in [5.41, 5.74) is -0.165. The maximum Gasteiger partial charge on any atom is 0.166 e. The Morgan fingerprint density at radius 3 is 2.76 bits per heavy atom. The summed E-state index contributed by atoms with van der Waals surface area (Å²) in [5, 5.41) is 1.92. The van der Waals surface area contributed by atoms with Crippen LogP contribution in [0.25, 0.3) is 0 Å². The number of ketones is 1. The van der Waals surface area contributed by atoms with E-state index in [0.29, 0.717) is 6.42 Å². The van der Waals surface area contributed by atoms with Crippen LogP contribution in [0.3, 0.4) is 0 Å². The van der Waals surface area contributed by atoms with Gasteiger partial charge in [-0.05, 0) is 36.1 Å². The molecule has 2 aromatic rings. The number of benzene rings is 1. The molecule has 0 unspecified atom stereocenters. The fraction of sp³-hybridized carbons (Fsp3) is 0.154. The van der Waals surface area contributed by atoms with Crippen molar-refractivity contribution in [2.45, 2.75) is 12.8 Å². The second-order valence-corrected chi connectivity index (χ2v) is 4.66. The minimum Gasteiger partial charge on any atom is -0.294 e. The van der Waals surface area contributed by atoms with Crippen LogP contribution in [-0.4, -0.2) is 5.78 Å². The van der Waals surface area contributed by atoms with Crippen molar-refractivity contribution in [1.82, 2.24) is 0 Å². The second kappa shape index (κ2) is 5.19. The maximum absolute atomic E-state index is 13.3. The van der Waals surface area contributed by atoms with Crippen LogP contribution in [0.4, 0.5) is 8.78 Å². The third kappa shape index (κ3) is 2.97. The summed E-state index contributed by atoms with van der Waals surface area (Å²) in [5.74, 6) is -1.62. The molecule has 1 aromatic carbocycles. The van der Waals surface area contributed by atoms with Crippen LogP contribution < -0.4 is 0 Å². The molecule has 0 atom stereocenters. The highest BCUT2D eigenvalue weighted by Gasteiger charge is 2.12. The van der Waals surface area contributed by atoms with Crippen LogP contribution in [-0.2, 0) is 6.42 Å². The zero-order valence-electron chi connectivity index (χ0n) is 8.95. The summed E-state index contributed by atoms with van der Waals surface area (Å²) >= 11 is 1.55. The van der Waals surface area contributed by atoms with Crippen LogP contribution in [0.1, 0.15) is 21.7 Å². The minimum absolute atomic E-state index is 0.165. The first-order valence-corrected chi connectivity index (χ1v) is 6.05. The molecule has 2 rings (SSSR count). The fourth-order valence-electron chi connectivity index (χ4n) is 1.54. The lowest BCUT2D eigenvalue weighted by molar-refractivity contribution is 0.0978. The Morgan fingerprint density at radius 2 is 2.06 bits per heavy atom. The highest BCUT2D eigenvalue weighted by atomic mass is 32.1. The van der Waals surface area contributed by atoms with Crippen molar-refractivity contribution >= 4 is 17.1 Å². The van der Waals surface area contributed by atoms with Gasteiger partial charge in [0, 0.05) is 11.3 Å². The van der Waals surface area contributed by atoms with Gasteiger partial charge in [-0.2, -0.15) is 0 Å². The molecule has 0 aliphatic rings. The summed E-state index contributed by atoms with van der Waals surface area (Å²) in [6, 6.07) is 6.75. The normalized spacial score (nSPS) is 10.5. The summed E-state index contributed by atoms with van der Waals surface area (Å²) in [7, 11) is 0. The molecule has 0 saturated heterocycles. The molecule has 0 N–H and O–H groups in total. The van der Waals surface area contributed by atoms with E-state index in [2.05, 4.69) is 0 Å². The molecular formula is C13H10F2OS. The molecule has 4 heteroatoms. The number of hydrogen-bond acceptors (Lipinski definition) is 2. The molecule has 0 amide bonds. The topological polar surface area (TPSA) is 17.1 Å². The van der Waals surface area contributed by atoms with Crippen molar-refractivity contribution in [3.05, 3.63) is 57.8 Å². The van der Waals surface area contributed by atoms with Gasteiger partial charge in [-0.15, -0.1) is 11.3 Å².